The van der Waals surface area contributed by atoms with Crippen LogP contribution >= 0.6 is 0 Å². The molecule has 4 heteroatoms. The maximum absolute atomic E-state index is 13.3. The van der Waals surface area contributed by atoms with Crippen LogP contribution in [0.1, 0.15) is 12.5 Å². The predicted octanol–water partition coefficient (Wildman–Crippen LogP) is 1.68. The summed E-state index contributed by atoms with van der Waals surface area (Å²) in [6.07, 6.45) is 5.04. The van der Waals surface area contributed by atoms with Gasteiger partial charge in [0.15, 0.2) is 0 Å². The Morgan fingerprint density at radius 1 is 1.59 bits per heavy atom. The Morgan fingerprint density at radius 2 is 2.29 bits per heavy atom. The standard InChI is InChI=1S/C13H15FN2O/c1-4-8-15-13(17)10(3)16-12-7-5-6-11(14)9(12)2/h1,5-7,10,16H,8H2,2-3H3,(H,15,17). The summed E-state index contributed by atoms with van der Waals surface area (Å²) in [7, 11) is 0. The molecule has 1 aromatic rings. The molecule has 0 fully saturated rings. The van der Waals surface area contributed by atoms with E-state index < -0.39 is 6.04 Å². The van der Waals surface area contributed by atoms with Gasteiger partial charge in [0.25, 0.3) is 0 Å². The number of anilines is 1. The monoisotopic (exact) mass is 234 g/mol. The lowest BCUT2D eigenvalue weighted by Crippen LogP contribution is -2.37. The summed E-state index contributed by atoms with van der Waals surface area (Å²) in [6, 6.07) is 4.23. The number of benzene rings is 1. The topological polar surface area (TPSA) is 41.1 Å². The van der Waals surface area contributed by atoms with E-state index in [4.69, 9.17) is 6.42 Å². The summed E-state index contributed by atoms with van der Waals surface area (Å²) in [5.74, 6) is 1.80. The zero-order chi connectivity index (χ0) is 12.8. The van der Waals surface area contributed by atoms with Crippen LogP contribution < -0.4 is 10.6 Å². The van der Waals surface area contributed by atoms with E-state index >= 15 is 0 Å². The highest BCUT2D eigenvalue weighted by Crippen LogP contribution is 2.18. The highest BCUT2D eigenvalue weighted by molar-refractivity contribution is 5.84. The second-order valence-electron chi connectivity index (χ2n) is 3.70. The second kappa shape index (κ2) is 5.90. The molecule has 1 aromatic carbocycles. The lowest BCUT2D eigenvalue weighted by molar-refractivity contribution is -0.121. The fourth-order valence-corrected chi connectivity index (χ4v) is 1.35. The first-order valence-corrected chi connectivity index (χ1v) is 5.29. The van der Waals surface area contributed by atoms with Crippen LogP contribution in [0.2, 0.25) is 0 Å². The molecule has 1 unspecified atom stereocenters. The van der Waals surface area contributed by atoms with Crippen molar-refractivity contribution in [2.24, 2.45) is 0 Å². The lowest BCUT2D eigenvalue weighted by Gasteiger charge is -2.16. The SMILES string of the molecule is C#CCNC(=O)C(C)Nc1cccc(F)c1C. The molecule has 1 rings (SSSR count). The zero-order valence-corrected chi connectivity index (χ0v) is 9.88. The molecule has 0 aliphatic heterocycles. The minimum atomic E-state index is -0.469. The smallest absolute Gasteiger partial charge is 0.242 e. The first kappa shape index (κ1) is 13.0. The number of carbonyl (C=O) groups excluding carboxylic acids is 1. The Bertz CT molecular complexity index is 451. The van der Waals surface area contributed by atoms with Gasteiger partial charge in [-0.15, -0.1) is 6.42 Å². The number of nitrogens with one attached hydrogen (secondary N) is 2. The fraction of sp³-hybridized carbons (Fsp3) is 0.308. The number of carbonyl (C=O) groups is 1. The quantitative estimate of drug-likeness (QED) is 0.778. The van der Waals surface area contributed by atoms with Crippen molar-refractivity contribution >= 4 is 11.6 Å². The van der Waals surface area contributed by atoms with Crippen molar-refractivity contribution in [2.75, 3.05) is 11.9 Å². The third-order valence-corrected chi connectivity index (χ3v) is 2.40. The average molecular weight is 234 g/mol. The molecule has 90 valence electrons. The number of rotatable bonds is 4. The van der Waals surface area contributed by atoms with E-state index in [2.05, 4.69) is 16.6 Å². The van der Waals surface area contributed by atoms with Gasteiger partial charge >= 0.3 is 0 Å². The van der Waals surface area contributed by atoms with E-state index in [-0.39, 0.29) is 18.3 Å². The largest absolute Gasteiger partial charge is 0.374 e. The van der Waals surface area contributed by atoms with Crippen molar-refractivity contribution in [3.8, 4) is 12.3 Å². The van der Waals surface area contributed by atoms with Crippen molar-refractivity contribution in [3.05, 3.63) is 29.6 Å². The number of hydrogen-bond acceptors (Lipinski definition) is 2. The van der Waals surface area contributed by atoms with Crippen LogP contribution in [0.25, 0.3) is 0 Å². The van der Waals surface area contributed by atoms with Gasteiger partial charge in [0.05, 0.1) is 6.54 Å². The van der Waals surface area contributed by atoms with Crippen molar-refractivity contribution in [1.82, 2.24) is 5.32 Å². The second-order valence-corrected chi connectivity index (χ2v) is 3.70. The fourth-order valence-electron chi connectivity index (χ4n) is 1.35. The molecule has 1 atom stereocenters. The maximum atomic E-state index is 13.3. The summed E-state index contributed by atoms with van der Waals surface area (Å²) in [4.78, 5) is 11.5. The first-order valence-electron chi connectivity index (χ1n) is 5.29. The van der Waals surface area contributed by atoms with E-state index in [0.29, 0.717) is 11.3 Å². The van der Waals surface area contributed by atoms with Gasteiger partial charge < -0.3 is 10.6 Å². The van der Waals surface area contributed by atoms with Crippen LogP contribution in [0.4, 0.5) is 10.1 Å². The molecule has 0 spiro atoms. The lowest BCUT2D eigenvalue weighted by atomic mass is 10.1. The summed E-state index contributed by atoms with van der Waals surface area (Å²) < 4.78 is 13.3. The minimum absolute atomic E-state index is 0.187. The van der Waals surface area contributed by atoms with Crippen LogP contribution in [0.5, 0.6) is 0 Å². The van der Waals surface area contributed by atoms with Crippen LogP contribution in [-0.4, -0.2) is 18.5 Å². The molecule has 0 bridgehead atoms. The molecule has 3 nitrogen and oxygen atoms in total. The third-order valence-electron chi connectivity index (χ3n) is 2.40. The molecule has 0 saturated heterocycles. The van der Waals surface area contributed by atoms with Gasteiger partial charge in [0.2, 0.25) is 5.91 Å². The average Bonchev–Trinajstić information content (AvgIpc) is 2.31. The van der Waals surface area contributed by atoms with Crippen LogP contribution in [0, 0.1) is 25.1 Å². The summed E-state index contributed by atoms with van der Waals surface area (Å²) in [6.45, 7) is 3.53. The molecule has 0 aliphatic rings. The van der Waals surface area contributed by atoms with Crippen LogP contribution in [-0.2, 0) is 4.79 Å². The Kier molecular flexibility index (Phi) is 4.53. The maximum Gasteiger partial charge on any atom is 0.242 e. The zero-order valence-electron chi connectivity index (χ0n) is 9.88. The Labute approximate surface area is 100 Å². The van der Waals surface area contributed by atoms with E-state index in [1.54, 1.807) is 26.0 Å². The van der Waals surface area contributed by atoms with E-state index in [9.17, 15) is 9.18 Å². The highest BCUT2D eigenvalue weighted by Gasteiger charge is 2.13. The molecule has 0 saturated carbocycles. The van der Waals surface area contributed by atoms with Crippen molar-refractivity contribution in [2.45, 2.75) is 19.9 Å². The van der Waals surface area contributed by atoms with Gasteiger partial charge in [-0.1, -0.05) is 12.0 Å². The summed E-state index contributed by atoms with van der Waals surface area (Å²) in [5, 5.41) is 5.49. The van der Waals surface area contributed by atoms with Gasteiger partial charge in [-0.2, -0.15) is 0 Å². The highest BCUT2D eigenvalue weighted by atomic mass is 19.1. The normalized spacial score (nSPS) is 11.4. The van der Waals surface area contributed by atoms with Gasteiger partial charge in [-0.05, 0) is 26.0 Å². The Hall–Kier alpha value is -2.02. The predicted molar refractivity (Wildman–Crippen MR) is 66.1 cm³/mol. The van der Waals surface area contributed by atoms with Crippen LogP contribution in [0.3, 0.4) is 0 Å². The minimum Gasteiger partial charge on any atom is -0.374 e. The number of hydrogen-bond donors (Lipinski definition) is 2. The van der Waals surface area contributed by atoms with Gasteiger partial charge in [-0.25, -0.2) is 4.39 Å². The van der Waals surface area contributed by atoms with Crippen LogP contribution in [0.15, 0.2) is 18.2 Å². The van der Waals surface area contributed by atoms with E-state index in [1.165, 1.54) is 6.07 Å². The summed E-state index contributed by atoms with van der Waals surface area (Å²) >= 11 is 0. The Morgan fingerprint density at radius 3 is 2.94 bits per heavy atom. The molecule has 0 aromatic heterocycles. The van der Waals surface area contributed by atoms with E-state index in [1.807, 2.05) is 0 Å². The molecule has 2 N–H and O–H groups in total. The molecule has 17 heavy (non-hydrogen) atoms. The van der Waals surface area contributed by atoms with Crippen molar-refractivity contribution in [3.63, 3.8) is 0 Å². The van der Waals surface area contributed by atoms with E-state index in [0.717, 1.165) is 0 Å². The molecule has 1 amide bonds. The van der Waals surface area contributed by atoms with Crippen molar-refractivity contribution in [1.29, 1.82) is 0 Å². The van der Waals surface area contributed by atoms with Gasteiger partial charge in [0.1, 0.15) is 11.9 Å². The molecule has 0 radical (unpaired) electrons. The molecule has 0 heterocycles. The molecular weight excluding hydrogens is 219 g/mol. The van der Waals surface area contributed by atoms with Gasteiger partial charge in [0, 0.05) is 11.3 Å². The molecular formula is C13H15FN2O. The Balaban J connectivity index is 2.68. The number of halogens is 1. The molecule has 0 aliphatic carbocycles. The first-order chi connectivity index (χ1) is 8.06. The van der Waals surface area contributed by atoms with Crippen molar-refractivity contribution < 1.29 is 9.18 Å². The number of terminal acetylenes is 1. The number of amides is 1. The third kappa shape index (κ3) is 3.49. The van der Waals surface area contributed by atoms with Gasteiger partial charge in [-0.3, -0.25) is 4.79 Å². The summed E-state index contributed by atoms with van der Waals surface area (Å²) in [5.41, 5.74) is 1.09.